The van der Waals surface area contributed by atoms with Gasteiger partial charge in [0.05, 0.1) is 18.9 Å². The Morgan fingerprint density at radius 3 is 3.03 bits per heavy atom. The monoisotopic (exact) mass is 446 g/mol. The van der Waals surface area contributed by atoms with Gasteiger partial charge in [0.15, 0.2) is 5.17 Å². The number of nitrogens with two attached hydrogens (primary N) is 1. The number of aromatic nitrogens is 2. The van der Waals surface area contributed by atoms with Gasteiger partial charge in [0.1, 0.15) is 11.4 Å². The Morgan fingerprint density at radius 2 is 2.29 bits per heavy atom. The van der Waals surface area contributed by atoms with Gasteiger partial charge in [-0.05, 0) is 36.8 Å². The summed E-state index contributed by atoms with van der Waals surface area (Å²) < 4.78 is 28.5. The molecule has 6 nitrogen and oxygen atoms in total. The molecular weight excluding hydrogens is 415 g/mol. The van der Waals surface area contributed by atoms with Crippen LogP contribution < -0.4 is 5.73 Å². The zero-order valence-corrected chi connectivity index (χ0v) is 19.2. The molecule has 0 unspecified atom stereocenters. The van der Waals surface area contributed by atoms with Crippen molar-refractivity contribution in [3.05, 3.63) is 53.1 Å². The SMILES string of the molecule is COC[C@@H](C)CCc1ccc(F)c([C@]23CO[C@@H](c4cnn(C)c4)C[C@H]2CSC(N)=N3)c1. The summed E-state index contributed by atoms with van der Waals surface area (Å²) >= 11 is 1.54. The predicted molar refractivity (Wildman–Crippen MR) is 122 cm³/mol. The third kappa shape index (κ3) is 4.66. The van der Waals surface area contributed by atoms with Crippen LogP contribution in [0.1, 0.15) is 42.6 Å². The van der Waals surface area contributed by atoms with Crippen LogP contribution in [0.2, 0.25) is 0 Å². The molecule has 31 heavy (non-hydrogen) atoms. The second-order valence-electron chi connectivity index (χ2n) is 8.78. The van der Waals surface area contributed by atoms with Gasteiger partial charge in [-0.3, -0.25) is 4.68 Å². The number of nitrogens with zero attached hydrogens (tertiary/aromatic N) is 3. The summed E-state index contributed by atoms with van der Waals surface area (Å²) in [5.41, 5.74) is 8.11. The van der Waals surface area contributed by atoms with Gasteiger partial charge in [-0.2, -0.15) is 5.10 Å². The third-order valence-electron chi connectivity index (χ3n) is 6.39. The second kappa shape index (κ2) is 9.30. The Bertz CT molecular complexity index is 949. The fourth-order valence-electron chi connectivity index (χ4n) is 4.65. The van der Waals surface area contributed by atoms with Crippen molar-refractivity contribution in [1.29, 1.82) is 0 Å². The molecule has 0 radical (unpaired) electrons. The van der Waals surface area contributed by atoms with E-state index in [-0.39, 0.29) is 17.8 Å². The van der Waals surface area contributed by atoms with E-state index in [2.05, 4.69) is 12.0 Å². The summed E-state index contributed by atoms with van der Waals surface area (Å²) in [5, 5.41) is 4.77. The molecular formula is C23H31FN4O2S. The summed E-state index contributed by atoms with van der Waals surface area (Å²) in [6, 6.07) is 5.41. The first kappa shape index (κ1) is 22.3. The molecule has 2 aliphatic heterocycles. The highest BCUT2D eigenvalue weighted by Gasteiger charge is 2.49. The molecule has 4 atom stereocenters. The Kier molecular flexibility index (Phi) is 6.69. The Morgan fingerprint density at radius 1 is 1.45 bits per heavy atom. The lowest BCUT2D eigenvalue weighted by atomic mass is 9.74. The van der Waals surface area contributed by atoms with Crippen molar-refractivity contribution >= 4 is 16.9 Å². The van der Waals surface area contributed by atoms with Gasteiger partial charge >= 0.3 is 0 Å². The maximum absolute atomic E-state index is 15.2. The summed E-state index contributed by atoms with van der Waals surface area (Å²) in [5.74, 6) is 1.12. The molecule has 0 aliphatic carbocycles. The first-order valence-electron chi connectivity index (χ1n) is 10.8. The zero-order chi connectivity index (χ0) is 22.0. The second-order valence-corrected chi connectivity index (χ2v) is 9.82. The number of halogens is 1. The molecule has 2 aliphatic rings. The fourth-order valence-corrected chi connectivity index (χ4v) is 5.66. The van der Waals surface area contributed by atoms with Gasteiger partial charge in [0.25, 0.3) is 0 Å². The van der Waals surface area contributed by atoms with Gasteiger partial charge in [-0.15, -0.1) is 0 Å². The number of aryl methyl sites for hydroxylation is 2. The molecule has 3 heterocycles. The van der Waals surface area contributed by atoms with Crippen molar-refractivity contribution in [2.75, 3.05) is 26.1 Å². The van der Waals surface area contributed by atoms with E-state index in [0.717, 1.165) is 42.7 Å². The summed E-state index contributed by atoms with van der Waals surface area (Å²) in [6.07, 6.45) is 6.36. The Labute approximate surface area is 187 Å². The number of aliphatic imine (C=N–C) groups is 1. The van der Waals surface area contributed by atoms with Gasteiger partial charge in [-0.1, -0.05) is 30.8 Å². The number of thioether (sulfide) groups is 1. The molecule has 1 aromatic heterocycles. The molecule has 0 spiro atoms. The number of rotatable bonds is 7. The number of fused-ring (bicyclic) bond motifs is 1. The number of hydrogen-bond donors (Lipinski definition) is 1. The first-order valence-corrected chi connectivity index (χ1v) is 11.8. The molecule has 0 amide bonds. The number of hydrogen-bond acceptors (Lipinski definition) is 6. The van der Waals surface area contributed by atoms with Crippen molar-refractivity contribution in [3.63, 3.8) is 0 Å². The third-order valence-corrected chi connectivity index (χ3v) is 7.35. The average molecular weight is 447 g/mol. The number of benzene rings is 1. The lowest BCUT2D eigenvalue weighted by molar-refractivity contribution is -0.0588. The minimum atomic E-state index is -0.785. The van der Waals surface area contributed by atoms with Crippen LogP contribution in [0.25, 0.3) is 0 Å². The Balaban J connectivity index is 1.62. The summed E-state index contributed by atoms with van der Waals surface area (Å²) in [7, 11) is 3.61. The highest BCUT2D eigenvalue weighted by atomic mass is 32.2. The van der Waals surface area contributed by atoms with Crippen LogP contribution in [-0.2, 0) is 28.5 Å². The van der Waals surface area contributed by atoms with E-state index < -0.39 is 5.54 Å². The highest BCUT2D eigenvalue weighted by molar-refractivity contribution is 8.13. The highest BCUT2D eigenvalue weighted by Crippen LogP contribution is 2.49. The molecule has 1 aromatic carbocycles. The van der Waals surface area contributed by atoms with Gasteiger partial charge < -0.3 is 15.2 Å². The first-order chi connectivity index (χ1) is 14.9. The van der Waals surface area contributed by atoms with Crippen LogP contribution in [0.3, 0.4) is 0 Å². The van der Waals surface area contributed by atoms with Crippen LogP contribution in [0, 0.1) is 17.7 Å². The van der Waals surface area contributed by atoms with Crippen molar-refractivity contribution < 1.29 is 13.9 Å². The Hall–Kier alpha value is -1.90. The van der Waals surface area contributed by atoms with E-state index in [4.69, 9.17) is 20.2 Å². The number of methoxy groups -OCH3 is 1. The molecule has 8 heteroatoms. The largest absolute Gasteiger partial charge is 0.384 e. The maximum atomic E-state index is 15.2. The lowest BCUT2D eigenvalue weighted by Gasteiger charge is -2.46. The minimum absolute atomic E-state index is 0.0666. The number of amidine groups is 1. The van der Waals surface area contributed by atoms with E-state index in [1.165, 1.54) is 0 Å². The zero-order valence-electron chi connectivity index (χ0n) is 18.4. The minimum Gasteiger partial charge on any atom is -0.384 e. The van der Waals surface area contributed by atoms with E-state index in [0.29, 0.717) is 23.3 Å². The molecule has 1 fully saturated rings. The van der Waals surface area contributed by atoms with Crippen molar-refractivity contribution in [3.8, 4) is 0 Å². The molecule has 168 valence electrons. The quantitative estimate of drug-likeness (QED) is 0.700. The topological polar surface area (TPSA) is 74.7 Å². The molecule has 4 rings (SSSR count). The summed E-state index contributed by atoms with van der Waals surface area (Å²) in [4.78, 5) is 4.82. The van der Waals surface area contributed by atoms with E-state index >= 15 is 4.39 Å². The molecule has 2 N–H and O–H groups in total. The van der Waals surface area contributed by atoms with Crippen LogP contribution in [0.4, 0.5) is 4.39 Å². The van der Waals surface area contributed by atoms with E-state index in [1.807, 2.05) is 31.6 Å². The van der Waals surface area contributed by atoms with Crippen molar-refractivity contribution in [1.82, 2.24) is 9.78 Å². The van der Waals surface area contributed by atoms with Crippen molar-refractivity contribution in [2.24, 2.45) is 29.6 Å². The van der Waals surface area contributed by atoms with Crippen LogP contribution >= 0.6 is 11.8 Å². The summed E-state index contributed by atoms with van der Waals surface area (Å²) in [6.45, 7) is 3.19. The maximum Gasteiger partial charge on any atom is 0.154 e. The smallest absolute Gasteiger partial charge is 0.154 e. The van der Waals surface area contributed by atoms with Crippen LogP contribution in [0.15, 0.2) is 35.6 Å². The standard InChI is InChI=1S/C23H31FN4O2S/c1-15(12-29-3)4-5-16-6-7-20(24)19(8-16)23-14-30-21(17-10-26-28(2)11-17)9-18(23)13-31-22(25)27-23/h6-8,10-11,15,18,21H,4-5,9,12-14H2,1-3H3,(H2,25,27)/t15-,18-,21+,23-/m0/s1. The van der Waals surface area contributed by atoms with Gasteiger partial charge in [0.2, 0.25) is 0 Å². The molecule has 0 saturated carbocycles. The van der Waals surface area contributed by atoms with E-state index in [9.17, 15) is 0 Å². The van der Waals surface area contributed by atoms with Gasteiger partial charge in [0, 0.05) is 49.8 Å². The van der Waals surface area contributed by atoms with Crippen molar-refractivity contribution in [2.45, 2.75) is 37.8 Å². The molecule has 2 aromatic rings. The molecule has 1 saturated heterocycles. The van der Waals surface area contributed by atoms with E-state index in [1.54, 1.807) is 29.6 Å². The average Bonchev–Trinajstić information content (AvgIpc) is 3.19. The van der Waals surface area contributed by atoms with Crippen LogP contribution in [0.5, 0.6) is 0 Å². The van der Waals surface area contributed by atoms with Crippen LogP contribution in [-0.4, -0.2) is 41.0 Å². The van der Waals surface area contributed by atoms with Gasteiger partial charge in [-0.25, -0.2) is 9.38 Å². The number of ether oxygens (including phenoxy) is 2. The predicted octanol–water partition coefficient (Wildman–Crippen LogP) is 3.81. The normalized spacial score (nSPS) is 26.9. The molecule has 0 bridgehead atoms. The lowest BCUT2D eigenvalue weighted by Crippen LogP contribution is -2.48. The fraction of sp³-hybridized carbons (Fsp3) is 0.565.